The summed E-state index contributed by atoms with van der Waals surface area (Å²) in [5.41, 5.74) is 7.65. The van der Waals surface area contributed by atoms with Crippen molar-refractivity contribution in [1.82, 2.24) is 34.6 Å². The normalized spacial score (nSPS) is 11.5. The molecule has 2 amide bonds. The van der Waals surface area contributed by atoms with Crippen molar-refractivity contribution < 1.29 is 9.59 Å². The molecule has 3 heterocycles. The molecule has 0 aliphatic rings. The number of nitrogens with zero attached hydrogens (tertiary/aromatic N) is 5. The Morgan fingerprint density at radius 2 is 1.90 bits per heavy atom. The first-order valence-electron chi connectivity index (χ1n) is 12.1. The minimum absolute atomic E-state index is 0.0350. The summed E-state index contributed by atoms with van der Waals surface area (Å²) in [4.78, 5) is 51.6. The lowest BCUT2D eigenvalue weighted by Gasteiger charge is -2.20. The van der Waals surface area contributed by atoms with Crippen LogP contribution in [0.1, 0.15) is 41.6 Å². The smallest absolute Gasteiger partial charge is 0.267 e. The second-order valence-corrected chi connectivity index (χ2v) is 8.72. The molecule has 11 heteroatoms. The Bertz CT molecular complexity index is 1850. The SMILES string of the molecule is CC(=O)NCC#Cc1cccc2nc(C(C)NC(=O)c3c(N)ncn4ccnc34)n(-c3ccccc3)c(=O)c12. The highest BCUT2D eigenvalue weighted by atomic mass is 16.2. The van der Waals surface area contributed by atoms with Gasteiger partial charge in [0.05, 0.1) is 29.2 Å². The summed E-state index contributed by atoms with van der Waals surface area (Å²) < 4.78 is 3.06. The van der Waals surface area contributed by atoms with Crippen molar-refractivity contribution in [1.29, 1.82) is 0 Å². The number of hydrogen-bond acceptors (Lipinski definition) is 7. The number of nitrogens with two attached hydrogens (primary N) is 1. The van der Waals surface area contributed by atoms with E-state index in [0.29, 0.717) is 33.6 Å². The molecule has 5 aromatic rings. The summed E-state index contributed by atoms with van der Waals surface area (Å²) in [6.07, 6.45) is 4.69. The largest absolute Gasteiger partial charge is 0.383 e. The number of hydrogen-bond donors (Lipinski definition) is 3. The molecule has 0 bridgehead atoms. The fourth-order valence-electron chi connectivity index (χ4n) is 4.23. The van der Waals surface area contributed by atoms with Crippen LogP contribution in [0.3, 0.4) is 0 Å². The first-order valence-corrected chi connectivity index (χ1v) is 12.1. The van der Waals surface area contributed by atoms with Crippen molar-refractivity contribution in [2.45, 2.75) is 19.9 Å². The second kappa shape index (κ2) is 10.5. The molecule has 4 N–H and O–H groups in total. The summed E-state index contributed by atoms with van der Waals surface area (Å²) in [6.45, 7) is 3.29. The maximum atomic E-state index is 14.0. The van der Waals surface area contributed by atoms with Gasteiger partial charge in [0.2, 0.25) is 5.91 Å². The van der Waals surface area contributed by atoms with Gasteiger partial charge in [-0.1, -0.05) is 36.1 Å². The fourth-order valence-corrected chi connectivity index (χ4v) is 4.23. The first kappa shape index (κ1) is 25.2. The van der Waals surface area contributed by atoms with Gasteiger partial charge in [0.15, 0.2) is 5.65 Å². The van der Waals surface area contributed by atoms with Gasteiger partial charge in [0, 0.05) is 24.9 Å². The topological polar surface area (TPSA) is 149 Å². The van der Waals surface area contributed by atoms with Crippen LogP contribution < -0.4 is 21.9 Å². The summed E-state index contributed by atoms with van der Waals surface area (Å²) in [6, 6.07) is 13.5. The third-order valence-corrected chi connectivity index (χ3v) is 6.02. The molecule has 0 aliphatic heterocycles. The zero-order valence-corrected chi connectivity index (χ0v) is 21.2. The van der Waals surface area contributed by atoms with Gasteiger partial charge < -0.3 is 16.4 Å². The predicted octanol–water partition coefficient (Wildman–Crippen LogP) is 1.99. The lowest BCUT2D eigenvalue weighted by atomic mass is 10.1. The number of fused-ring (bicyclic) bond motifs is 2. The predicted molar refractivity (Wildman–Crippen MR) is 146 cm³/mol. The Morgan fingerprint density at radius 1 is 1.10 bits per heavy atom. The Labute approximate surface area is 222 Å². The van der Waals surface area contributed by atoms with Crippen LogP contribution in [0.4, 0.5) is 5.82 Å². The number of benzene rings is 2. The molecule has 0 saturated heterocycles. The van der Waals surface area contributed by atoms with E-state index in [1.807, 2.05) is 18.2 Å². The van der Waals surface area contributed by atoms with Gasteiger partial charge in [-0.05, 0) is 31.2 Å². The molecule has 0 spiro atoms. The number of amides is 2. The van der Waals surface area contributed by atoms with Crippen LogP contribution in [-0.2, 0) is 4.79 Å². The van der Waals surface area contributed by atoms with Crippen molar-refractivity contribution in [2.24, 2.45) is 0 Å². The molecule has 5 rings (SSSR count). The fraction of sp³-hybridized carbons (Fsp3) is 0.143. The van der Waals surface area contributed by atoms with Gasteiger partial charge in [0.25, 0.3) is 11.5 Å². The standard InChI is InChI=1S/C28H24N8O3/c1-17(33-27(38)23-24(29)32-16-35-15-14-31-26(23)35)25-34-21-12-6-8-19(9-7-13-30-18(2)37)22(21)28(39)36(25)20-10-4-3-5-11-20/h3-6,8,10-12,14-17H,13,29H2,1-2H3,(H,30,37)(H,33,38). The maximum Gasteiger partial charge on any atom is 0.267 e. The quantitative estimate of drug-likeness (QED) is 0.300. The maximum absolute atomic E-state index is 14.0. The summed E-state index contributed by atoms with van der Waals surface area (Å²) in [5.74, 6) is 5.49. The third kappa shape index (κ3) is 4.91. The van der Waals surface area contributed by atoms with Crippen molar-refractivity contribution in [3.05, 3.63) is 94.6 Å². The van der Waals surface area contributed by atoms with Crippen molar-refractivity contribution in [3.8, 4) is 17.5 Å². The Hall–Kier alpha value is -5.50. The molecular formula is C28H24N8O3. The molecule has 1 unspecified atom stereocenters. The molecule has 0 radical (unpaired) electrons. The third-order valence-electron chi connectivity index (χ3n) is 6.02. The van der Waals surface area contributed by atoms with Gasteiger partial charge in [0.1, 0.15) is 23.5 Å². The number of imidazole rings is 1. The van der Waals surface area contributed by atoms with Gasteiger partial charge in [-0.2, -0.15) is 0 Å². The number of nitrogens with one attached hydrogen (secondary N) is 2. The Kier molecular flexibility index (Phi) is 6.75. The molecule has 3 aromatic heterocycles. The summed E-state index contributed by atoms with van der Waals surface area (Å²) in [5, 5.41) is 5.84. The van der Waals surface area contributed by atoms with E-state index in [1.54, 1.807) is 54.0 Å². The van der Waals surface area contributed by atoms with Gasteiger partial charge in [-0.15, -0.1) is 0 Å². The number of carbonyl (C=O) groups is 2. The van der Waals surface area contributed by atoms with Gasteiger partial charge >= 0.3 is 0 Å². The molecule has 0 saturated carbocycles. The van der Waals surface area contributed by atoms with E-state index in [2.05, 4.69) is 32.4 Å². The number of rotatable bonds is 5. The average Bonchev–Trinajstić information content (AvgIpc) is 3.39. The van der Waals surface area contributed by atoms with Gasteiger partial charge in [-0.3, -0.25) is 23.4 Å². The Balaban J connectivity index is 1.62. The van der Waals surface area contributed by atoms with Crippen LogP contribution in [0.2, 0.25) is 0 Å². The molecule has 0 aliphatic carbocycles. The van der Waals surface area contributed by atoms with Crippen LogP contribution in [0.25, 0.3) is 22.2 Å². The van der Waals surface area contributed by atoms with Crippen LogP contribution in [0.5, 0.6) is 0 Å². The van der Waals surface area contributed by atoms with E-state index in [4.69, 9.17) is 10.7 Å². The van der Waals surface area contributed by atoms with E-state index in [-0.39, 0.29) is 29.4 Å². The van der Waals surface area contributed by atoms with Crippen LogP contribution in [0.15, 0.2) is 72.0 Å². The highest BCUT2D eigenvalue weighted by Crippen LogP contribution is 2.21. The minimum Gasteiger partial charge on any atom is -0.383 e. The molecular weight excluding hydrogens is 496 g/mol. The van der Waals surface area contributed by atoms with Crippen molar-refractivity contribution >= 4 is 34.2 Å². The zero-order valence-electron chi connectivity index (χ0n) is 21.2. The van der Waals surface area contributed by atoms with Crippen LogP contribution >= 0.6 is 0 Å². The van der Waals surface area contributed by atoms with Gasteiger partial charge in [-0.25, -0.2) is 15.0 Å². The first-order chi connectivity index (χ1) is 18.8. The van der Waals surface area contributed by atoms with E-state index < -0.39 is 11.9 Å². The molecule has 0 fully saturated rings. The highest BCUT2D eigenvalue weighted by molar-refractivity contribution is 6.04. The number of carbonyl (C=O) groups excluding carboxylic acids is 2. The van der Waals surface area contributed by atoms with Crippen LogP contribution in [0, 0.1) is 11.8 Å². The molecule has 2 aromatic carbocycles. The second-order valence-electron chi connectivity index (χ2n) is 8.72. The van der Waals surface area contributed by atoms with E-state index >= 15 is 0 Å². The lowest BCUT2D eigenvalue weighted by Crippen LogP contribution is -2.34. The van der Waals surface area contributed by atoms with E-state index in [1.165, 1.54) is 17.8 Å². The monoisotopic (exact) mass is 520 g/mol. The summed E-state index contributed by atoms with van der Waals surface area (Å²) in [7, 11) is 0. The number of nitrogen functional groups attached to an aromatic ring is 1. The number of aromatic nitrogens is 5. The zero-order chi connectivity index (χ0) is 27.5. The van der Waals surface area contributed by atoms with Crippen molar-refractivity contribution in [3.63, 3.8) is 0 Å². The molecule has 194 valence electrons. The summed E-state index contributed by atoms with van der Waals surface area (Å²) >= 11 is 0. The Morgan fingerprint density at radius 3 is 2.67 bits per heavy atom. The minimum atomic E-state index is -0.709. The van der Waals surface area contributed by atoms with Crippen LogP contribution in [-0.4, -0.2) is 42.3 Å². The molecule has 39 heavy (non-hydrogen) atoms. The van der Waals surface area contributed by atoms with E-state index in [0.717, 1.165) is 0 Å². The molecule has 11 nitrogen and oxygen atoms in total. The molecule has 1 atom stereocenters. The number of para-hydroxylation sites is 1. The number of anilines is 1. The average molecular weight is 521 g/mol. The highest BCUT2D eigenvalue weighted by Gasteiger charge is 2.24. The lowest BCUT2D eigenvalue weighted by molar-refractivity contribution is -0.118. The van der Waals surface area contributed by atoms with E-state index in [9.17, 15) is 14.4 Å². The van der Waals surface area contributed by atoms with Crippen molar-refractivity contribution in [2.75, 3.05) is 12.3 Å².